The molecule has 1 N–H and O–H groups in total. The molecule has 0 spiro atoms. The van der Waals surface area contributed by atoms with E-state index in [0.29, 0.717) is 30.8 Å². The molecule has 2 aromatic rings. The molecule has 5 heteroatoms. The van der Waals surface area contributed by atoms with Crippen LogP contribution in [0.25, 0.3) is 11.3 Å². The van der Waals surface area contributed by atoms with Crippen molar-refractivity contribution in [3.05, 3.63) is 41.9 Å². The van der Waals surface area contributed by atoms with Crippen molar-refractivity contribution in [3.63, 3.8) is 0 Å². The van der Waals surface area contributed by atoms with Crippen molar-refractivity contribution in [2.75, 3.05) is 13.1 Å². The highest BCUT2D eigenvalue weighted by molar-refractivity contribution is 5.76. The lowest BCUT2D eigenvalue weighted by Gasteiger charge is -2.24. The van der Waals surface area contributed by atoms with Crippen LogP contribution in [0.4, 0.5) is 0 Å². The van der Waals surface area contributed by atoms with Gasteiger partial charge in [0.15, 0.2) is 11.7 Å². The zero-order chi connectivity index (χ0) is 17.2. The summed E-state index contributed by atoms with van der Waals surface area (Å²) in [6.45, 7) is 3.66. The number of rotatable bonds is 4. The summed E-state index contributed by atoms with van der Waals surface area (Å²) in [5.74, 6) is 1.67. The van der Waals surface area contributed by atoms with Crippen LogP contribution < -0.4 is 5.32 Å². The summed E-state index contributed by atoms with van der Waals surface area (Å²) in [6.07, 6.45) is 4.53. The Balaban J connectivity index is 1.37. The van der Waals surface area contributed by atoms with Gasteiger partial charge in [0.25, 0.3) is 0 Å². The van der Waals surface area contributed by atoms with Crippen LogP contribution in [0.15, 0.2) is 34.7 Å². The van der Waals surface area contributed by atoms with E-state index in [0.717, 1.165) is 36.5 Å². The standard InChI is InChI=1S/C20H25N3O2/c1-14-20(15-5-3-2-4-6-15)25-18(21-14)9-10-19(24)23-12-11-16-7-8-17(13-23)22-16/h2-6,16-17,22H,7-13H2,1H3. The predicted octanol–water partition coefficient (Wildman–Crippen LogP) is 2.94. The molecule has 2 unspecified atom stereocenters. The fourth-order valence-corrected chi connectivity index (χ4v) is 3.96. The van der Waals surface area contributed by atoms with Gasteiger partial charge >= 0.3 is 0 Å². The van der Waals surface area contributed by atoms with E-state index in [1.54, 1.807) is 0 Å². The van der Waals surface area contributed by atoms with Crippen molar-refractivity contribution in [1.82, 2.24) is 15.2 Å². The molecule has 2 aliphatic heterocycles. The second kappa shape index (κ2) is 7.00. The smallest absolute Gasteiger partial charge is 0.223 e. The van der Waals surface area contributed by atoms with Crippen LogP contribution in [0, 0.1) is 6.92 Å². The van der Waals surface area contributed by atoms with E-state index in [2.05, 4.69) is 10.3 Å². The Labute approximate surface area is 148 Å². The molecule has 132 valence electrons. The SMILES string of the molecule is Cc1nc(CCC(=O)N2CCC3CCC(C2)N3)oc1-c1ccccc1. The van der Waals surface area contributed by atoms with Crippen molar-refractivity contribution in [2.45, 2.75) is 51.1 Å². The number of oxazole rings is 1. The molecule has 2 fully saturated rings. The van der Waals surface area contributed by atoms with Crippen molar-refractivity contribution >= 4 is 5.91 Å². The summed E-state index contributed by atoms with van der Waals surface area (Å²) >= 11 is 0. The number of nitrogens with one attached hydrogen (secondary N) is 1. The van der Waals surface area contributed by atoms with E-state index in [1.807, 2.05) is 42.2 Å². The van der Waals surface area contributed by atoms with E-state index in [1.165, 1.54) is 12.8 Å². The first-order valence-corrected chi connectivity index (χ1v) is 9.24. The second-order valence-corrected chi connectivity index (χ2v) is 7.15. The highest BCUT2D eigenvalue weighted by Crippen LogP contribution is 2.25. The Morgan fingerprint density at radius 3 is 2.88 bits per heavy atom. The fraction of sp³-hybridized carbons (Fsp3) is 0.500. The summed E-state index contributed by atoms with van der Waals surface area (Å²) in [5, 5.41) is 3.62. The molecule has 25 heavy (non-hydrogen) atoms. The molecular weight excluding hydrogens is 314 g/mol. The van der Waals surface area contributed by atoms with Crippen LogP contribution in [-0.2, 0) is 11.2 Å². The van der Waals surface area contributed by atoms with Crippen molar-refractivity contribution < 1.29 is 9.21 Å². The van der Waals surface area contributed by atoms with Crippen LogP contribution in [0.1, 0.15) is 37.3 Å². The Bertz CT molecular complexity index is 741. The van der Waals surface area contributed by atoms with E-state index in [9.17, 15) is 4.79 Å². The zero-order valence-electron chi connectivity index (χ0n) is 14.7. The molecule has 0 aliphatic carbocycles. The molecule has 0 saturated carbocycles. The van der Waals surface area contributed by atoms with Gasteiger partial charge in [-0.2, -0.15) is 0 Å². The molecule has 2 atom stereocenters. The molecule has 2 aliphatic rings. The number of hydrogen-bond donors (Lipinski definition) is 1. The highest BCUT2D eigenvalue weighted by Gasteiger charge is 2.31. The van der Waals surface area contributed by atoms with Crippen LogP contribution in [0.5, 0.6) is 0 Å². The first-order chi connectivity index (χ1) is 12.2. The number of nitrogens with zero attached hydrogens (tertiary/aromatic N) is 2. The molecule has 1 aromatic carbocycles. The summed E-state index contributed by atoms with van der Waals surface area (Å²) in [5.41, 5.74) is 1.91. The van der Waals surface area contributed by atoms with Gasteiger partial charge in [-0.1, -0.05) is 30.3 Å². The third-order valence-corrected chi connectivity index (χ3v) is 5.31. The monoisotopic (exact) mass is 339 g/mol. The summed E-state index contributed by atoms with van der Waals surface area (Å²) < 4.78 is 5.92. The van der Waals surface area contributed by atoms with E-state index >= 15 is 0 Å². The molecular formula is C20H25N3O2. The number of benzene rings is 1. The van der Waals surface area contributed by atoms with Crippen LogP contribution in [0.2, 0.25) is 0 Å². The topological polar surface area (TPSA) is 58.4 Å². The highest BCUT2D eigenvalue weighted by atomic mass is 16.4. The van der Waals surface area contributed by atoms with Gasteiger partial charge in [0.05, 0.1) is 5.69 Å². The Hall–Kier alpha value is -2.14. The van der Waals surface area contributed by atoms with Crippen molar-refractivity contribution in [1.29, 1.82) is 0 Å². The number of fused-ring (bicyclic) bond motifs is 2. The Morgan fingerprint density at radius 2 is 2.04 bits per heavy atom. The number of carbonyl (C=O) groups is 1. The summed E-state index contributed by atoms with van der Waals surface area (Å²) in [4.78, 5) is 19.1. The molecule has 4 rings (SSSR count). The number of hydrogen-bond acceptors (Lipinski definition) is 4. The molecule has 1 aromatic heterocycles. The van der Waals surface area contributed by atoms with Gasteiger partial charge in [0, 0.05) is 43.6 Å². The largest absolute Gasteiger partial charge is 0.440 e. The summed E-state index contributed by atoms with van der Waals surface area (Å²) in [6, 6.07) is 11.1. The van der Waals surface area contributed by atoms with Crippen LogP contribution in [-0.4, -0.2) is 41.0 Å². The lowest BCUT2D eigenvalue weighted by atomic mass is 10.1. The summed E-state index contributed by atoms with van der Waals surface area (Å²) in [7, 11) is 0. The molecule has 1 amide bonds. The van der Waals surface area contributed by atoms with Crippen molar-refractivity contribution in [2.24, 2.45) is 0 Å². The molecule has 2 saturated heterocycles. The maximum atomic E-state index is 12.6. The van der Waals surface area contributed by atoms with E-state index in [4.69, 9.17) is 4.42 Å². The second-order valence-electron chi connectivity index (χ2n) is 7.15. The average Bonchev–Trinajstić information content (AvgIpc) is 3.15. The van der Waals surface area contributed by atoms with Gasteiger partial charge in [0.2, 0.25) is 5.91 Å². The lowest BCUT2D eigenvalue weighted by molar-refractivity contribution is -0.131. The fourth-order valence-electron chi connectivity index (χ4n) is 3.96. The molecule has 2 bridgehead atoms. The predicted molar refractivity (Wildman–Crippen MR) is 96.1 cm³/mol. The zero-order valence-corrected chi connectivity index (χ0v) is 14.7. The maximum absolute atomic E-state index is 12.6. The minimum atomic E-state index is 0.214. The average molecular weight is 339 g/mol. The number of amides is 1. The van der Waals surface area contributed by atoms with Gasteiger partial charge in [0.1, 0.15) is 0 Å². The third-order valence-electron chi connectivity index (χ3n) is 5.31. The van der Waals surface area contributed by atoms with Gasteiger partial charge < -0.3 is 14.6 Å². The molecule has 0 radical (unpaired) electrons. The quantitative estimate of drug-likeness (QED) is 0.930. The Kier molecular flexibility index (Phi) is 4.57. The van der Waals surface area contributed by atoms with Crippen LogP contribution >= 0.6 is 0 Å². The molecule has 5 nitrogen and oxygen atoms in total. The number of carbonyl (C=O) groups excluding carboxylic acids is 1. The van der Waals surface area contributed by atoms with E-state index in [-0.39, 0.29) is 5.91 Å². The van der Waals surface area contributed by atoms with Gasteiger partial charge in [-0.3, -0.25) is 4.79 Å². The van der Waals surface area contributed by atoms with Crippen molar-refractivity contribution in [3.8, 4) is 11.3 Å². The number of aryl methyl sites for hydroxylation is 2. The lowest BCUT2D eigenvalue weighted by Crippen LogP contribution is -2.39. The maximum Gasteiger partial charge on any atom is 0.223 e. The minimum Gasteiger partial charge on any atom is -0.440 e. The Morgan fingerprint density at radius 1 is 1.24 bits per heavy atom. The van der Waals surface area contributed by atoms with Gasteiger partial charge in [-0.15, -0.1) is 0 Å². The molecule has 3 heterocycles. The third kappa shape index (κ3) is 3.61. The van der Waals surface area contributed by atoms with E-state index < -0.39 is 0 Å². The first-order valence-electron chi connectivity index (χ1n) is 9.24. The van der Waals surface area contributed by atoms with Gasteiger partial charge in [-0.25, -0.2) is 4.98 Å². The van der Waals surface area contributed by atoms with Gasteiger partial charge in [-0.05, 0) is 26.2 Å². The number of likely N-dealkylation sites (tertiary alicyclic amines) is 1. The first kappa shape index (κ1) is 16.3. The number of aromatic nitrogens is 1. The normalized spacial score (nSPS) is 22.8. The van der Waals surface area contributed by atoms with Crippen LogP contribution in [0.3, 0.4) is 0 Å². The minimum absolute atomic E-state index is 0.214.